The van der Waals surface area contributed by atoms with Gasteiger partial charge in [-0.3, -0.25) is 0 Å². The van der Waals surface area contributed by atoms with Crippen LogP contribution in [0, 0.1) is 0 Å². The van der Waals surface area contributed by atoms with Gasteiger partial charge in [-0.1, -0.05) is 23.7 Å². The Hall–Kier alpha value is -1.35. The number of pyridine rings is 1. The van der Waals surface area contributed by atoms with Crippen molar-refractivity contribution in [3.63, 3.8) is 0 Å². The van der Waals surface area contributed by atoms with Crippen molar-refractivity contribution in [1.82, 2.24) is 9.71 Å². The first-order valence-electron chi connectivity index (χ1n) is 6.89. The molecule has 0 aliphatic heterocycles. The van der Waals surface area contributed by atoms with Crippen molar-refractivity contribution in [2.24, 2.45) is 0 Å². The molecule has 1 aromatic carbocycles. The van der Waals surface area contributed by atoms with Gasteiger partial charge in [-0.2, -0.15) is 0 Å². The van der Waals surface area contributed by atoms with Gasteiger partial charge < -0.3 is 9.47 Å². The molecule has 2 rings (SSSR count). The number of hydrogen-bond donors (Lipinski definition) is 1. The van der Waals surface area contributed by atoms with E-state index in [4.69, 9.17) is 21.1 Å². The Balaban J connectivity index is 2.10. The average molecular weight is 436 g/mol. The fourth-order valence-corrected chi connectivity index (χ4v) is 3.71. The predicted octanol–water partition coefficient (Wildman–Crippen LogP) is 3.04. The van der Waals surface area contributed by atoms with E-state index in [0.29, 0.717) is 22.4 Å². The number of ether oxygens (including phenoxy) is 2. The van der Waals surface area contributed by atoms with E-state index >= 15 is 0 Å². The van der Waals surface area contributed by atoms with Gasteiger partial charge in [-0.15, -0.1) is 0 Å². The molecule has 0 unspecified atom stereocenters. The Morgan fingerprint density at radius 1 is 1.29 bits per heavy atom. The number of nitrogens with zero attached hydrogens (tertiary/aromatic N) is 1. The molecule has 0 atom stereocenters. The molecule has 0 aliphatic rings. The van der Waals surface area contributed by atoms with E-state index in [1.54, 1.807) is 20.3 Å². The zero-order valence-electron chi connectivity index (χ0n) is 13.0. The summed E-state index contributed by atoms with van der Waals surface area (Å²) in [6.07, 6.45) is 1.66. The monoisotopic (exact) mass is 434 g/mol. The van der Waals surface area contributed by atoms with Crippen LogP contribution in [0.25, 0.3) is 0 Å². The van der Waals surface area contributed by atoms with E-state index in [-0.39, 0.29) is 16.6 Å². The summed E-state index contributed by atoms with van der Waals surface area (Å²) in [5.74, 6) is 1.19. The molecule has 6 nitrogen and oxygen atoms in total. The van der Waals surface area contributed by atoms with E-state index in [1.807, 2.05) is 12.1 Å². The van der Waals surface area contributed by atoms with Crippen LogP contribution < -0.4 is 14.2 Å². The SMILES string of the molecule is COc1cccc(CCNS(=O)(=O)c2cnc(Cl)c(Br)c2)c1OC. The van der Waals surface area contributed by atoms with Gasteiger partial charge in [0, 0.05) is 12.7 Å². The second-order valence-corrected chi connectivity index (χ2v) is 7.72. The lowest BCUT2D eigenvalue weighted by Gasteiger charge is -2.13. The molecule has 2 aromatic rings. The third kappa shape index (κ3) is 4.38. The third-order valence-corrected chi connectivity index (χ3v) is 5.81. The number of sulfonamides is 1. The molecule has 1 aromatic heterocycles. The largest absolute Gasteiger partial charge is 0.493 e. The molecule has 1 N–H and O–H groups in total. The number of hydrogen-bond acceptors (Lipinski definition) is 5. The van der Waals surface area contributed by atoms with Crippen LogP contribution in [0.5, 0.6) is 11.5 Å². The molecular weight excluding hydrogens is 420 g/mol. The summed E-state index contributed by atoms with van der Waals surface area (Å²) in [7, 11) is -0.583. The first kappa shape index (κ1) is 19.0. The number of nitrogens with one attached hydrogen (secondary N) is 1. The highest BCUT2D eigenvalue weighted by Crippen LogP contribution is 2.30. The first-order valence-corrected chi connectivity index (χ1v) is 9.55. The van der Waals surface area contributed by atoms with Crippen molar-refractivity contribution in [3.05, 3.63) is 45.7 Å². The predicted molar refractivity (Wildman–Crippen MR) is 95.4 cm³/mol. The van der Waals surface area contributed by atoms with Crippen LogP contribution >= 0.6 is 27.5 Å². The van der Waals surface area contributed by atoms with Crippen LogP contribution in [0.15, 0.2) is 39.8 Å². The molecule has 0 aliphatic carbocycles. The van der Waals surface area contributed by atoms with E-state index in [9.17, 15) is 8.42 Å². The fourth-order valence-electron chi connectivity index (χ4n) is 2.10. The quantitative estimate of drug-likeness (QED) is 0.676. The Labute approximate surface area is 154 Å². The van der Waals surface area contributed by atoms with Crippen molar-refractivity contribution in [2.75, 3.05) is 20.8 Å². The fraction of sp³-hybridized carbons (Fsp3) is 0.267. The number of aromatic nitrogens is 1. The minimum absolute atomic E-state index is 0.0383. The third-order valence-electron chi connectivity index (χ3n) is 3.25. The van der Waals surface area contributed by atoms with Gasteiger partial charge in [0.1, 0.15) is 10.0 Å². The van der Waals surface area contributed by atoms with Crippen LogP contribution in [0.3, 0.4) is 0 Å². The number of halogens is 2. The normalized spacial score (nSPS) is 11.3. The maximum atomic E-state index is 12.3. The van der Waals surface area contributed by atoms with Crippen LogP contribution in [0.1, 0.15) is 5.56 Å². The molecular formula is C15H16BrClN2O4S. The molecule has 24 heavy (non-hydrogen) atoms. The van der Waals surface area contributed by atoms with Gasteiger partial charge in [0.05, 0.1) is 18.7 Å². The average Bonchev–Trinajstić information content (AvgIpc) is 2.56. The smallest absolute Gasteiger partial charge is 0.242 e. The van der Waals surface area contributed by atoms with Crippen molar-refractivity contribution in [3.8, 4) is 11.5 Å². The highest BCUT2D eigenvalue weighted by Gasteiger charge is 2.16. The zero-order valence-corrected chi connectivity index (χ0v) is 16.2. The van der Waals surface area contributed by atoms with Gasteiger partial charge in [0.25, 0.3) is 0 Å². The van der Waals surface area contributed by atoms with Crippen LogP contribution in [0.2, 0.25) is 5.15 Å². The van der Waals surface area contributed by atoms with Crippen molar-refractivity contribution >= 4 is 37.6 Å². The van der Waals surface area contributed by atoms with Gasteiger partial charge in [-0.05, 0) is 40.0 Å². The maximum Gasteiger partial charge on any atom is 0.242 e. The second-order valence-electron chi connectivity index (χ2n) is 4.74. The standard InChI is InChI=1S/C15H16BrClN2O4S/c1-22-13-5-3-4-10(14(13)23-2)6-7-19-24(20,21)11-8-12(16)15(17)18-9-11/h3-5,8-9,19H,6-7H2,1-2H3. The molecule has 0 saturated heterocycles. The minimum Gasteiger partial charge on any atom is -0.493 e. The highest BCUT2D eigenvalue weighted by atomic mass is 79.9. The second kappa shape index (κ2) is 8.15. The van der Waals surface area contributed by atoms with E-state index in [1.165, 1.54) is 12.3 Å². The van der Waals surface area contributed by atoms with Gasteiger partial charge in [0.2, 0.25) is 10.0 Å². The molecule has 9 heteroatoms. The summed E-state index contributed by atoms with van der Waals surface area (Å²) in [5, 5.41) is 0.204. The molecule has 130 valence electrons. The summed E-state index contributed by atoms with van der Waals surface area (Å²) in [4.78, 5) is 3.86. The Bertz CT molecular complexity index is 830. The number of benzene rings is 1. The summed E-state index contributed by atoms with van der Waals surface area (Å²) in [6.45, 7) is 0.201. The van der Waals surface area contributed by atoms with Crippen molar-refractivity contribution in [1.29, 1.82) is 0 Å². The molecule has 0 radical (unpaired) electrons. The van der Waals surface area contributed by atoms with Crippen molar-refractivity contribution < 1.29 is 17.9 Å². The summed E-state index contributed by atoms with van der Waals surface area (Å²) < 4.78 is 38.1. The number of rotatable bonds is 7. The molecule has 0 fully saturated rings. The maximum absolute atomic E-state index is 12.3. The molecule has 0 amide bonds. The minimum atomic E-state index is -3.68. The number of methoxy groups -OCH3 is 2. The summed E-state index contributed by atoms with van der Waals surface area (Å²) in [6, 6.07) is 6.87. The Morgan fingerprint density at radius 2 is 2.04 bits per heavy atom. The van der Waals surface area contributed by atoms with Crippen molar-refractivity contribution in [2.45, 2.75) is 11.3 Å². The van der Waals surface area contributed by atoms with Crippen LogP contribution in [-0.2, 0) is 16.4 Å². The molecule has 0 bridgehead atoms. The summed E-state index contributed by atoms with van der Waals surface area (Å²) in [5.41, 5.74) is 0.843. The van der Waals surface area contributed by atoms with Crippen LogP contribution in [0.4, 0.5) is 0 Å². The zero-order chi connectivity index (χ0) is 17.7. The lowest BCUT2D eigenvalue weighted by Crippen LogP contribution is -2.26. The first-order chi connectivity index (χ1) is 11.4. The Morgan fingerprint density at radius 3 is 2.67 bits per heavy atom. The van der Waals surface area contributed by atoms with E-state index in [2.05, 4.69) is 25.6 Å². The summed E-state index contributed by atoms with van der Waals surface area (Å²) >= 11 is 8.94. The van der Waals surface area contributed by atoms with Gasteiger partial charge in [-0.25, -0.2) is 18.1 Å². The molecule has 0 saturated carbocycles. The highest BCUT2D eigenvalue weighted by molar-refractivity contribution is 9.10. The lowest BCUT2D eigenvalue weighted by molar-refractivity contribution is 0.351. The van der Waals surface area contributed by atoms with Crippen LogP contribution in [-0.4, -0.2) is 34.2 Å². The number of para-hydroxylation sites is 1. The van der Waals surface area contributed by atoms with Gasteiger partial charge in [0.15, 0.2) is 11.5 Å². The Kier molecular flexibility index (Phi) is 6.45. The van der Waals surface area contributed by atoms with E-state index < -0.39 is 10.0 Å². The molecule has 1 heterocycles. The van der Waals surface area contributed by atoms with Gasteiger partial charge >= 0.3 is 0 Å². The topological polar surface area (TPSA) is 77.5 Å². The lowest BCUT2D eigenvalue weighted by atomic mass is 10.1. The van der Waals surface area contributed by atoms with E-state index in [0.717, 1.165) is 5.56 Å². The molecule has 0 spiro atoms.